The van der Waals surface area contributed by atoms with Gasteiger partial charge in [-0.1, -0.05) is 32.6 Å². The Kier molecular flexibility index (Phi) is 5.94. The van der Waals surface area contributed by atoms with Gasteiger partial charge in [-0.3, -0.25) is 4.90 Å². The Morgan fingerprint density at radius 2 is 1.71 bits per heavy atom. The van der Waals surface area contributed by atoms with E-state index in [4.69, 9.17) is 5.73 Å². The van der Waals surface area contributed by atoms with E-state index in [1.807, 2.05) is 0 Å². The van der Waals surface area contributed by atoms with Gasteiger partial charge in [-0.2, -0.15) is 0 Å². The second kappa shape index (κ2) is 6.75. The van der Waals surface area contributed by atoms with Crippen molar-refractivity contribution in [3.05, 3.63) is 0 Å². The highest BCUT2D eigenvalue weighted by Crippen LogP contribution is 2.30. The molecule has 0 aromatic carbocycles. The summed E-state index contributed by atoms with van der Waals surface area (Å²) < 4.78 is 0. The van der Waals surface area contributed by atoms with Gasteiger partial charge in [0, 0.05) is 18.1 Å². The van der Waals surface area contributed by atoms with Crippen molar-refractivity contribution >= 4 is 0 Å². The smallest absolute Gasteiger partial charge is 0.0248 e. The Balaban J connectivity index is 2.68. The number of hydrogen-bond donors (Lipinski definition) is 1. The lowest BCUT2D eigenvalue weighted by Crippen LogP contribution is -2.53. The SMILES string of the molecule is CCC(C)(C)N(C)C(CN)C1CCCCCC1. The molecule has 0 amide bonds. The molecule has 17 heavy (non-hydrogen) atoms. The van der Waals surface area contributed by atoms with Crippen molar-refractivity contribution in [3.63, 3.8) is 0 Å². The third-order valence-electron chi connectivity index (χ3n) is 5.00. The van der Waals surface area contributed by atoms with Crippen LogP contribution in [0.4, 0.5) is 0 Å². The van der Waals surface area contributed by atoms with E-state index in [0.29, 0.717) is 6.04 Å². The van der Waals surface area contributed by atoms with Crippen LogP contribution in [0.25, 0.3) is 0 Å². The molecule has 102 valence electrons. The lowest BCUT2D eigenvalue weighted by atomic mass is 9.87. The molecule has 0 bridgehead atoms. The van der Waals surface area contributed by atoms with Gasteiger partial charge in [-0.15, -0.1) is 0 Å². The lowest BCUT2D eigenvalue weighted by molar-refractivity contribution is 0.0619. The highest BCUT2D eigenvalue weighted by Gasteiger charge is 2.32. The molecule has 2 nitrogen and oxygen atoms in total. The van der Waals surface area contributed by atoms with E-state index >= 15 is 0 Å². The van der Waals surface area contributed by atoms with E-state index in [-0.39, 0.29) is 5.54 Å². The molecule has 0 radical (unpaired) electrons. The van der Waals surface area contributed by atoms with Crippen LogP contribution in [0.3, 0.4) is 0 Å². The highest BCUT2D eigenvalue weighted by molar-refractivity contribution is 4.88. The number of rotatable bonds is 5. The quantitative estimate of drug-likeness (QED) is 0.746. The molecule has 0 saturated heterocycles. The molecule has 1 saturated carbocycles. The summed E-state index contributed by atoms with van der Waals surface area (Å²) in [4.78, 5) is 2.54. The molecule has 2 N–H and O–H groups in total. The minimum absolute atomic E-state index is 0.274. The largest absolute Gasteiger partial charge is 0.329 e. The normalized spacial score (nSPS) is 21.5. The molecule has 1 atom stereocenters. The van der Waals surface area contributed by atoms with Crippen LogP contribution in [-0.2, 0) is 0 Å². The van der Waals surface area contributed by atoms with Gasteiger partial charge in [-0.25, -0.2) is 0 Å². The zero-order valence-electron chi connectivity index (χ0n) is 12.3. The molecule has 1 rings (SSSR count). The fourth-order valence-corrected chi connectivity index (χ4v) is 3.06. The molecule has 1 unspecified atom stereocenters. The van der Waals surface area contributed by atoms with Gasteiger partial charge < -0.3 is 5.73 Å². The second-order valence-electron chi connectivity index (χ2n) is 6.33. The van der Waals surface area contributed by atoms with Crippen molar-refractivity contribution < 1.29 is 0 Å². The number of nitrogens with two attached hydrogens (primary N) is 1. The molecule has 1 fully saturated rings. The van der Waals surface area contributed by atoms with Crippen LogP contribution in [0.1, 0.15) is 65.7 Å². The molecule has 1 aliphatic rings. The molecular formula is C15H32N2. The van der Waals surface area contributed by atoms with Gasteiger partial charge in [0.2, 0.25) is 0 Å². The predicted molar refractivity (Wildman–Crippen MR) is 76.2 cm³/mol. The van der Waals surface area contributed by atoms with Crippen LogP contribution in [-0.4, -0.2) is 30.1 Å². The summed E-state index contributed by atoms with van der Waals surface area (Å²) in [6.07, 6.45) is 9.61. The predicted octanol–water partition coefficient (Wildman–Crippen LogP) is 3.40. The van der Waals surface area contributed by atoms with Gasteiger partial charge >= 0.3 is 0 Å². The number of likely N-dealkylation sites (N-methyl/N-ethyl adjacent to an activating group) is 1. The van der Waals surface area contributed by atoms with Crippen LogP contribution >= 0.6 is 0 Å². The van der Waals surface area contributed by atoms with Gasteiger partial charge in [0.25, 0.3) is 0 Å². The summed E-state index contributed by atoms with van der Waals surface area (Å²) >= 11 is 0. The second-order valence-corrected chi connectivity index (χ2v) is 6.33. The zero-order valence-corrected chi connectivity index (χ0v) is 12.3. The number of hydrogen-bond acceptors (Lipinski definition) is 2. The van der Waals surface area contributed by atoms with Crippen molar-refractivity contribution in [2.24, 2.45) is 11.7 Å². The average Bonchev–Trinajstić information content (AvgIpc) is 2.59. The Labute approximate surface area is 108 Å². The fraction of sp³-hybridized carbons (Fsp3) is 1.00. The Morgan fingerprint density at radius 3 is 2.12 bits per heavy atom. The molecule has 1 aliphatic carbocycles. The third-order valence-corrected chi connectivity index (χ3v) is 5.00. The van der Waals surface area contributed by atoms with Crippen molar-refractivity contribution in [1.82, 2.24) is 4.90 Å². The molecular weight excluding hydrogens is 208 g/mol. The van der Waals surface area contributed by atoms with E-state index < -0.39 is 0 Å². The summed E-state index contributed by atoms with van der Waals surface area (Å²) in [5, 5.41) is 0. The molecule has 0 aromatic heterocycles. The van der Waals surface area contributed by atoms with Gasteiger partial charge in [0.05, 0.1) is 0 Å². The first-order valence-electron chi connectivity index (χ1n) is 7.46. The van der Waals surface area contributed by atoms with Crippen LogP contribution in [0.15, 0.2) is 0 Å². The van der Waals surface area contributed by atoms with Gasteiger partial charge in [0.1, 0.15) is 0 Å². The third kappa shape index (κ3) is 3.96. The average molecular weight is 240 g/mol. The van der Waals surface area contributed by atoms with Crippen LogP contribution in [0.5, 0.6) is 0 Å². The van der Waals surface area contributed by atoms with Crippen LogP contribution in [0.2, 0.25) is 0 Å². The first kappa shape index (κ1) is 15.0. The number of nitrogens with zero attached hydrogens (tertiary/aromatic N) is 1. The molecule has 0 heterocycles. The van der Waals surface area contributed by atoms with Gasteiger partial charge in [0.15, 0.2) is 0 Å². The minimum atomic E-state index is 0.274. The Hall–Kier alpha value is -0.0800. The fourth-order valence-electron chi connectivity index (χ4n) is 3.06. The maximum absolute atomic E-state index is 6.07. The first-order chi connectivity index (χ1) is 8.03. The van der Waals surface area contributed by atoms with E-state index in [0.717, 1.165) is 12.5 Å². The van der Waals surface area contributed by atoms with E-state index in [9.17, 15) is 0 Å². The van der Waals surface area contributed by atoms with E-state index in [1.54, 1.807) is 0 Å². The Morgan fingerprint density at radius 1 is 1.18 bits per heavy atom. The van der Waals surface area contributed by atoms with E-state index in [1.165, 1.54) is 44.9 Å². The molecule has 0 aliphatic heterocycles. The molecule has 0 aromatic rings. The molecule has 2 heteroatoms. The van der Waals surface area contributed by atoms with Crippen molar-refractivity contribution in [2.45, 2.75) is 77.3 Å². The zero-order chi connectivity index (χ0) is 12.9. The minimum Gasteiger partial charge on any atom is -0.329 e. The maximum Gasteiger partial charge on any atom is 0.0248 e. The highest BCUT2D eigenvalue weighted by atomic mass is 15.2. The summed E-state index contributed by atoms with van der Waals surface area (Å²) in [7, 11) is 2.27. The van der Waals surface area contributed by atoms with Crippen molar-refractivity contribution in [2.75, 3.05) is 13.6 Å². The topological polar surface area (TPSA) is 29.3 Å². The Bertz CT molecular complexity index is 205. The van der Waals surface area contributed by atoms with E-state index in [2.05, 4.69) is 32.7 Å². The summed E-state index contributed by atoms with van der Waals surface area (Å²) in [5.41, 5.74) is 6.34. The molecule has 0 spiro atoms. The van der Waals surface area contributed by atoms with Gasteiger partial charge in [-0.05, 0) is 46.1 Å². The standard InChI is InChI=1S/C15H32N2/c1-5-15(2,3)17(4)14(12-16)13-10-8-6-7-9-11-13/h13-14H,5-12,16H2,1-4H3. The summed E-state index contributed by atoms with van der Waals surface area (Å²) in [5.74, 6) is 0.818. The first-order valence-corrected chi connectivity index (χ1v) is 7.46. The maximum atomic E-state index is 6.07. The lowest BCUT2D eigenvalue weighted by Gasteiger charge is -2.43. The summed E-state index contributed by atoms with van der Waals surface area (Å²) in [6.45, 7) is 7.76. The van der Waals surface area contributed by atoms with Crippen LogP contribution in [0, 0.1) is 5.92 Å². The van der Waals surface area contributed by atoms with Crippen molar-refractivity contribution in [3.8, 4) is 0 Å². The van der Waals surface area contributed by atoms with Crippen LogP contribution < -0.4 is 5.73 Å². The monoisotopic (exact) mass is 240 g/mol. The van der Waals surface area contributed by atoms with Crippen molar-refractivity contribution in [1.29, 1.82) is 0 Å². The summed E-state index contributed by atoms with van der Waals surface area (Å²) in [6, 6.07) is 0.572.